The number of non-ortho nitro benzene ring substituents is 1. The molecule has 2 aromatic rings. The highest BCUT2D eigenvalue weighted by Gasteiger charge is 2.19. The molecule has 0 aliphatic rings. The molecule has 0 spiro atoms. The normalized spacial score (nSPS) is 11.8. The first-order chi connectivity index (χ1) is 12.2. The van der Waals surface area contributed by atoms with Gasteiger partial charge in [0.2, 0.25) is 0 Å². The summed E-state index contributed by atoms with van der Waals surface area (Å²) >= 11 is 6.18. The third-order valence-electron chi connectivity index (χ3n) is 3.85. The maximum atomic E-state index is 11.2. The lowest BCUT2D eigenvalue weighted by Crippen LogP contribution is -2.16. The Morgan fingerprint density at radius 3 is 2.42 bits per heavy atom. The number of carboxylic acid groups (broad SMARTS) is 2. The minimum absolute atomic E-state index is 0.0860. The van der Waals surface area contributed by atoms with E-state index in [-0.39, 0.29) is 34.8 Å². The maximum Gasteiger partial charge on any atom is 0.335 e. The molecule has 0 radical (unpaired) electrons. The fourth-order valence-corrected chi connectivity index (χ4v) is 2.79. The van der Waals surface area contributed by atoms with Crippen LogP contribution in [0.5, 0.6) is 0 Å². The molecule has 0 amide bonds. The highest BCUT2D eigenvalue weighted by molar-refractivity contribution is 6.33. The second-order valence-electron chi connectivity index (χ2n) is 5.60. The number of nitro groups is 1. The van der Waals surface area contributed by atoms with Crippen LogP contribution in [-0.2, 0) is 4.79 Å². The summed E-state index contributed by atoms with van der Waals surface area (Å²) in [6, 6.07) is 8.17. The third-order valence-corrected chi connectivity index (χ3v) is 4.18. The van der Waals surface area contributed by atoms with Crippen molar-refractivity contribution in [1.29, 1.82) is 0 Å². The standard InChI is InChI=1S/C17H15ClN2O6/c18-15-2-1-9(12(8-19)7-16(21)22)6-14(15)10-3-11(17(23)24)5-13(4-10)20(25)26/h1-6,12H,7-8,19H2,(H,21,22)(H,23,24). The van der Waals surface area contributed by atoms with Crippen LogP contribution < -0.4 is 5.73 Å². The zero-order chi connectivity index (χ0) is 19.4. The van der Waals surface area contributed by atoms with Gasteiger partial charge in [-0.3, -0.25) is 14.9 Å². The van der Waals surface area contributed by atoms with Crippen molar-refractivity contribution in [3.63, 3.8) is 0 Å². The van der Waals surface area contributed by atoms with Gasteiger partial charge in [-0.25, -0.2) is 4.79 Å². The molecule has 2 rings (SSSR count). The Balaban J connectivity index is 2.60. The monoisotopic (exact) mass is 378 g/mol. The number of benzene rings is 2. The number of aliphatic carboxylic acids is 1. The van der Waals surface area contributed by atoms with E-state index in [0.29, 0.717) is 11.1 Å². The van der Waals surface area contributed by atoms with Gasteiger partial charge in [0.1, 0.15) is 0 Å². The van der Waals surface area contributed by atoms with Crippen molar-refractivity contribution in [2.24, 2.45) is 5.73 Å². The average Bonchev–Trinajstić information content (AvgIpc) is 2.59. The second-order valence-corrected chi connectivity index (χ2v) is 6.01. The number of nitrogens with two attached hydrogens (primary N) is 1. The molecule has 0 bridgehead atoms. The highest BCUT2D eigenvalue weighted by atomic mass is 35.5. The molecule has 0 saturated carbocycles. The Labute approximate surface area is 153 Å². The first kappa shape index (κ1) is 19.4. The van der Waals surface area contributed by atoms with Crippen LogP contribution in [0.25, 0.3) is 11.1 Å². The van der Waals surface area contributed by atoms with Crippen molar-refractivity contribution in [1.82, 2.24) is 0 Å². The van der Waals surface area contributed by atoms with Crippen LogP contribution in [-0.4, -0.2) is 33.6 Å². The lowest BCUT2D eigenvalue weighted by atomic mass is 9.92. The minimum Gasteiger partial charge on any atom is -0.481 e. The molecule has 136 valence electrons. The third kappa shape index (κ3) is 4.35. The molecule has 0 heterocycles. The number of halogens is 1. The zero-order valence-corrected chi connectivity index (χ0v) is 14.1. The van der Waals surface area contributed by atoms with Gasteiger partial charge in [0.05, 0.1) is 16.9 Å². The van der Waals surface area contributed by atoms with Crippen molar-refractivity contribution >= 4 is 29.2 Å². The summed E-state index contributed by atoms with van der Waals surface area (Å²) in [5.41, 5.74) is 6.20. The fraction of sp³-hybridized carbons (Fsp3) is 0.176. The highest BCUT2D eigenvalue weighted by Crippen LogP contribution is 2.34. The molecule has 0 saturated heterocycles. The van der Waals surface area contributed by atoms with Crippen molar-refractivity contribution in [3.05, 3.63) is 62.7 Å². The lowest BCUT2D eigenvalue weighted by Gasteiger charge is -2.15. The van der Waals surface area contributed by atoms with Crippen LogP contribution in [0.2, 0.25) is 5.02 Å². The Hall–Kier alpha value is -2.97. The first-order valence-electron chi connectivity index (χ1n) is 7.47. The van der Waals surface area contributed by atoms with E-state index >= 15 is 0 Å². The molecular formula is C17H15ClN2O6. The number of nitro benzene ring substituents is 1. The molecule has 4 N–H and O–H groups in total. The molecule has 9 heteroatoms. The van der Waals surface area contributed by atoms with Gasteiger partial charge in [-0.05, 0) is 35.9 Å². The molecular weight excluding hydrogens is 364 g/mol. The van der Waals surface area contributed by atoms with Crippen molar-refractivity contribution in [2.75, 3.05) is 6.54 Å². The first-order valence-corrected chi connectivity index (χ1v) is 7.85. The van der Waals surface area contributed by atoms with Crippen molar-refractivity contribution < 1.29 is 24.7 Å². The van der Waals surface area contributed by atoms with Gasteiger partial charge in [0.15, 0.2) is 0 Å². The van der Waals surface area contributed by atoms with Crippen LogP contribution in [0.4, 0.5) is 5.69 Å². The summed E-state index contributed by atoms with van der Waals surface area (Å²) in [6.45, 7) is 0.0860. The molecule has 0 fully saturated rings. The molecule has 1 atom stereocenters. The van der Waals surface area contributed by atoms with E-state index in [9.17, 15) is 24.8 Å². The van der Waals surface area contributed by atoms with E-state index in [1.165, 1.54) is 18.2 Å². The summed E-state index contributed by atoms with van der Waals surface area (Å²) in [7, 11) is 0. The van der Waals surface area contributed by atoms with Crippen molar-refractivity contribution in [3.8, 4) is 11.1 Å². The predicted octanol–water partition coefficient (Wildman–Crippen LogP) is 3.13. The molecule has 2 aromatic carbocycles. The van der Waals surface area contributed by atoms with Crippen molar-refractivity contribution in [2.45, 2.75) is 12.3 Å². The zero-order valence-electron chi connectivity index (χ0n) is 13.4. The van der Waals surface area contributed by atoms with Crippen LogP contribution in [0.15, 0.2) is 36.4 Å². The molecule has 0 aromatic heterocycles. The van der Waals surface area contributed by atoms with E-state index in [2.05, 4.69) is 0 Å². The number of rotatable bonds is 7. The van der Waals surface area contributed by atoms with Gasteiger partial charge in [-0.2, -0.15) is 0 Å². The van der Waals surface area contributed by atoms with Crippen LogP contribution in [0.1, 0.15) is 28.3 Å². The van der Waals surface area contributed by atoms with Crippen LogP contribution in [0.3, 0.4) is 0 Å². The molecule has 0 aliphatic carbocycles. The fourth-order valence-electron chi connectivity index (χ4n) is 2.56. The summed E-state index contributed by atoms with van der Waals surface area (Å²) < 4.78 is 0. The minimum atomic E-state index is -1.31. The van der Waals surface area contributed by atoms with Gasteiger partial charge in [-0.15, -0.1) is 0 Å². The number of aromatic carboxylic acids is 1. The number of hydrogen-bond acceptors (Lipinski definition) is 5. The molecule has 8 nitrogen and oxygen atoms in total. The van der Waals surface area contributed by atoms with Gasteiger partial charge in [0.25, 0.3) is 5.69 Å². The van der Waals surface area contributed by atoms with E-state index in [4.69, 9.17) is 22.4 Å². The number of hydrogen-bond donors (Lipinski definition) is 3. The average molecular weight is 379 g/mol. The SMILES string of the molecule is NCC(CC(=O)O)c1ccc(Cl)c(-c2cc(C(=O)O)cc([N+](=O)[O-])c2)c1. The summed E-state index contributed by atoms with van der Waals surface area (Å²) in [5.74, 6) is -2.80. The smallest absolute Gasteiger partial charge is 0.335 e. The largest absolute Gasteiger partial charge is 0.481 e. The maximum absolute atomic E-state index is 11.2. The summed E-state index contributed by atoms with van der Waals surface area (Å²) in [6.07, 6.45) is -0.188. The van der Waals surface area contributed by atoms with Crippen LogP contribution in [0, 0.1) is 10.1 Å². The van der Waals surface area contributed by atoms with Gasteiger partial charge in [-0.1, -0.05) is 17.7 Å². The van der Waals surface area contributed by atoms with Gasteiger partial charge < -0.3 is 15.9 Å². The van der Waals surface area contributed by atoms with E-state index in [1.54, 1.807) is 12.1 Å². The predicted molar refractivity (Wildman–Crippen MR) is 94.5 cm³/mol. The topological polar surface area (TPSA) is 144 Å². The van der Waals surface area contributed by atoms with E-state index in [1.807, 2.05) is 0 Å². The quantitative estimate of drug-likeness (QED) is 0.495. The number of carboxylic acids is 2. The number of carbonyl (C=O) groups is 2. The van der Waals surface area contributed by atoms with Crippen LogP contribution >= 0.6 is 11.6 Å². The van der Waals surface area contributed by atoms with Gasteiger partial charge >= 0.3 is 11.9 Å². The van der Waals surface area contributed by atoms with E-state index in [0.717, 1.165) is 6.07 Å². The molecule has 26 heavy (non-hydrogen) atoms. The van der Waals surface area contributed by atoms with Gasteiger partial charge in [0, 0.05) is 28.6 Å². The summed E-state index contributed by atoms with van der Waals surface area (Å²) in [5, 5.41) is 29.5. The molecule has 1 unspecified atom stereocenters. The Kier molecular flexibility index (Phi) is 5.91. The Morgan fingerprint density at radius 2 is 1.88 bits per heavy atom. The lowest BCUT2D eigenvalue weighted by molar-refractivity contribution is -0.384. The number of nitrogens with zero attached hydrogens (tertiary/aromatic N) is 1. The Morgan fingerprint density at radius 1 is 1.19 bits per heavy atom. The summed E-state index contributed by atoms with van der Waals surface area (Å²) in [4.78, 5) is 32.6. The Bertz CT molecular complexity index is 851. The van der Waals surface area contributed by atoms with E-state index < -0.39 is 22.8 Å². The molecule has 0 aliphatic heterocycles. The second kappa shape index (κ2) is 7.94.